The van der Waals surface area contributed by atoms with Crippen molar-refractivity contribution in [1.82, 2.24) is 4.68 Å². The number of aryl methyl sites for hydroxylation is 2. The minimum Gasteiger partial charge on any atom is -0.267 e. The van der Waals surface area contributed by atoms with Crippen LogP contribution in [0.3, 0.4) is 0 Å². The Bertz CT molecular complexity index is 1470. The summed E-state index contributed by atoms with van der Waals surface area (Å²) in [5, 5.41) is 3.27. The number of hydrogen-bond donors (Lipinski definition) is 0. The van der Waals surface area contributed by atoms with E-state index in [0.29, 0.717) is 11.1 Å². The van der Waals surface area contributed by atoms with Crippen molar-refractivity contribution in [1.29, 1.82) is 0 Å². The Morgan fingerprint density at radius 1 is 0.500 bits per heavy atom. The topological polar surface area (TPSA) is 42.3 Å². The predicted octanol–water partition coefficient (Wildman–Crippen LogP) is 6.52. The average molecular weight is 443 g/mol. The van der Waals surface area contributed by atoms with E-state index in [1.165, 1.54) is 5.01 Å². The van der Waals surface area contributed by atoms with Gasteiger partial charge in [-0.2, -0.15) is 5.01 Å². The first-order chi connectivity index (χ1) is 16.5. The van der Waals surface area contributed by atoms with Gasteiger partial charge in [0.25, 0.3) is 11.8 Å². The number of hydrogen-bond acceptors (Lipinski definition) is 2. The van der Waals surface area contributed by atoms with Crippen molar-refractivity contribution in [2.24, 2.45) is 0 Å². The fourth-order valence-electron chi connectivity index (χ4n) is 4.77. The molecule has 4 aromatic carbocycles. The van der Waals surface area contributed by atoms with Gasteiger partial charge in [-0.05, 0) is 26.0 Å². The van der Waals surface area contributed by atoms with Crippen molar-refractivity contribution in [3.8, 4) is 22.5 Å². The SMILES string of the molecule is Cc1ccc(-c2c3ccccc3c(-c3ccc(C)cc3)n2N2C(=O)c3ccccc3C2=O)cc1. The fraction of sp³-hybridized carbons (Fsp3) is 0.0667. The zero-order chi connectivity index (χ0) is 23.4. The lowest BCUT2D eigenvalue weighted by Gasteiger charge is -2.22. The minimum absolute atomic E-state index is 0.317. The molecule has 6 rings (SSSR count). The van der Waals surface area contributed by atoms with Crippen molar-refractivity contribution < 1.29 is 9.59 Å². The van der Waals surface area contributed by atoms with E-state index in [9.17, 15) is 9.59 Å². The van der Waals surface area contributed by atoms with Crippen LogP contribution in [0.5, 0.6) is 0 Å². The molecule has 164 valence electrons. The standard InChI is InChI=1S/C30H22N2O2/c1-19-11-15-21(16-12-19)27-23-7-3-4-8-24(23)28(22-17-13-20(2)14-18-22)31(27)32-29(33)25-9-5-6-10-26(25)30(32)34/h3-18H,1-2H3. The maximum Gasteiger partial charge on any atom is 0.281 e. The first kappa shape index (κ1) is 20.2. The number of imide groups is 1. The summed E-state index contributed by atoms with van der Waals surface area (Å²) in [4.78, 5) is 27.3. The molecule has 2 amide bonds. The Balaban J connectivity index is 1.73. The fourth-order valence-corrected chi connectivity index (χ4v) is 4.77. The molecule has 1 aliphatic rings. The lowest BCUT2D eigenvalue weighted by molar-refractivity contribution is 0.0888. The van der Waals surface area contributed by atoms with E-state index in [2.05, 4.69) is 36.4 Å². The highest BCUT2D eigenvalue weighted by Crippen LogP contribution is 2.41. The molecule has 5 aromatic rings. The van der Waals surface area contributed by atoms with E-state index < -0.39 is 0 Å². The van der Waals surface area contributed by atoms with Crippen LogP contribution in [0.25, 0.3) is 33.3 Å². The number of rotatable bonds is 3. The van der Waals surface area contributed by atoms with Gasteiger partial charge >= 0.3 is 0 Å². The van der Waals surface area contributed by atoms with Crippen molar-refractivity contribution >= 4 is 22.6 Å². The highest BCUT2D eigenvalue weighted by molar-refractivity contribution is 6.31. The number of fused-ring (bicyclic) bond motifs is 2. The van der Waals surface area contributed by atoms with Crippen LogP contribution in [0, 0.1) is 13.8 Å². The molecule has 0 spiro atoms. The molecule has 0 saturated carbocycles. The van der Waals surface area contributed by atoms with Crippen LogP contribution >= 0.6 is 0 Å². The van der Waals surface area contributed by atoms with Crippen LogP contribution in [-0.2, 0) is 0 Å². The summed E-state index contributed by atoms with van der Waals surface area (Å²) in [6.45, 7) is 4.09. The third-order valence-corrected chi connectivity index (χ3v) is 6.48. The number of carbonyl (C=O) groups is 2. The molecule has 0 atom stereocenters. The van der Waals surface area contributed by atoms with E-state index in [1.54, 1.807) is 24.3 Å². The number of amides is 2. The van der Waals surface area contributed by atoms with Crippen LogP contribution in [-0.4, -0.2) is 16.5 Å². The molecule has 0 unspecified atom stereocenters. The zero-order valence-electron chi connectivity index (χ0n) is 18.9. The van der Waals surface area contributed by atoms with Crippen LogP contribution in [0.4, 0.5) is 0 Å². The molecule has 1 aromatic heterocycles. The second-order valence-electron chi connectivity index (χ2n) is 8.75. The molecule has 0 radical (unpaired) electrons. The van der Waals surface area contributed by atoms with Crippen LogP contribution < -0.4 is 5.01 Å². The number of nitrogens with zero attached hydrogens (tertiary/aromatic N) is 2. The highest BCUT2D eigenvalue weighted by atomic mass is 16.2. The third kappa shape index (κ3) is 2.92. The summed E-state index contributed by atoms with van der Waals surface area (Å²) in [5.41, 5.74) is 6.66. The summed E-state index contributed by atoms with van der Waals surface area (Å²) < 4.78 is 1.82. The Morgan fingerprint density at radius 3 is 1.29 bits per heavy atom. The largest absolute Gasteiger partial charge is 0.281 e. The van der Waals surface area contributed by atoms with Crippen molar-refractivity contribution in [2.45, 2.75) is 13.8 Å². The molecule has 4 nitrogen and oxygen atoms in total. The van der Waals surface area contributed by atoms with Crippen molar-refractivity contribution in [2.75, 3.05) is 5.01 Å². The van der Waals surface area contributed by atoms with Gasteiger partial charge in [0.2, 0.25) is 0 Å². The van der Waals surface area contributed by atoms with Gasteiger partial charge in [0.1, 0.15) is 0 Å². The number of aromatic nitrogens is 1. The maximum atomic E-state index is 13.6. The zero-order valence-corrected chi connectivity index (χ0v) is 18.9. The Hall–Kier alpha value is -4.44. The Kier molecular flexibility index (Phi) is 4.49. The van der Waals surface area contributed by atoms with Gasteiger partial charge < -0.3 is 0 Å². The lowest BCUT2D eigenvalue weighted by Crippen LogP contribution is -2.40. The van der Waals surface area contributed by atoms with Gasteiger partial charge in [0.15, 0.2) is 0 Å². The predicted molar refractivity (Wildman–Crippen MR) is 136 cm³/mol. The van der Waals surface area contributed by atoms with Crippen LogP contribution in [0.15, 0.2) is 97.1 Å². The summed E-state index contributed by atoms with van der Waals surface area (Å²) in [6.07, 6.45) is 0. The molecule has 0 saturated heterocycles. The maximum absolute atomic E-state index is 13.6. The van der Waals surface area contributed by atoms with Gasteiger partial charge in [0.05, 0.1) is 22.5 Å². The summed E-state index contributed by atoms with van der Waals surface area (Å²) in [7, 11) is 0. The molecule has 0 fully saturated rings. The first-order valence-corrected chi connectivity index (χ1v) is 11.3. The summed E-state index contributed by atoms with van der Waals surface area (Å²) in [5.74, 6) is -0.634. The van der Waals surface area contributed by atoms with Crippen LogP contribution in [0.1, 0.15) is 31.8 Å². The smallest absolute Gasteiger partial charge is 0.267 e. The minimum atomic E-state index is -0.317. The van der Waals surface area contributed by atoms with E-state index in [0.717, 1.165) is 44.4 Å². The van der Waals surface area contributed by atoms with Crippen molar-refractivity contribution in [3.05, 3.63) is 119 Å². The Morgan fingerprint density at radius 2 is 0.882 bits per heavy atom. The van der Waals surface area contributed by atoms with Crippen LogP contribution in [0.2, 0.25) is 0 Å². The van der Waals surface area contributed by atoms with Gasteiger partial charge in [-0.3, -0.25) is 9.59 Å². The lowest BCUT2D eigenvalue weighted by atomic mass is 10.0. The molecule has 1 aliphatic heterocycles. The average Bonchev–Trinajstić information content (AvgIpc) is 3.32. The molecule has 0 aliphatic carbocycles. The molecule has 0 bridgehead atoms. The van der Waals surface area contributed by atoms with E-state index in [-0.39, 0.29) is 11.8 Å². The number of benzene rings is 4. The normalized spacial score (nSPS) is 13.1. The second-order valence-corrected chi connectivity index (χ2v) is 8.75. The molecular weight excluding hydrogens is 420 g/mol. The second kappa shape index (κ2) is 7.56. The van der Waals surface area contributed by atoms with E-state index >= 15 is 0 Å². The molecule has 34 heavy (non-hydrogen) atoms. The highest BCUT2D eigenvalue weighted by Gasteiger charge is 2.39. The molecule has 0 N–H and O–H groups in total. The van der Waals surface area contributed by atoms with Crippen molar-refractivity contribution in [3.63, 3.8) is 0 Å². The van der Waals surface area contributed by atoms with E-state index in [4.69, 9.17) is 0 Å². The molecule has 2 heterocycles. The van der Waals surface area contributed by atoms with Gasteiger partial charge in [0, 0.05) is 21.9 Å². The van der Waals surface area contributed by atoms with Gasteiger partial charge in [-0.15, -0.1) is 0 Å². The molecular formula is C30H22N2O2. The summed E-state index contributed by atoms with van der Waals surface area (Å²) >= 11 is 0. The third-order valence-electron chi connectivity index (χ3n) is 6.48. The molecule has 4 heteroatoms. The van der Waals surface area contributed by atoms with Gasteiger partial charge in [-0.25, -0.2) is 4.68 Å². The van der Waals surface area contributed by atoms with E-state index in [1.807, 2.05) is 54.9 Å². The Labute approximate surface area is 197 Å². The first-order valence-electron chi connectivity index (χ1n) is 11.3. The quantitative estimate of drug-likeness (QED) is 0.298. The monoisotopic (exact) mass is 442 g/mol. The van der Waals surface area contributed by atoms with Gasteiger partial charge in [-0.1, -0.05) is 96.1 Å². The summed E-state index contributed by atoms with van der Waals surface area (Å²) in [6, 6.07) is 31.5. The number of carbonyl (C=O) groups excluding carboxylic acids is 2.